The van der Waals surface area contributed by atoms with E-state index < -0.39 is 5.38 Å². The van der Waals surface area contributed by atoms with Crippen LogP contribution in [0.3, 0.4) is 0 Å². The number of hydrogen-bond donors (Lipinski definition) is 2. The van der Waals surface area contributed by atoms with E-state index in [1.54, 1.807) is 6.92 Å². The number of alkyl halides is 1. The van der Waals surface area contributed by atoms with Gasteiger partial charge in [-0.1, -0.05) is 6.07 Å². The van der Waals surface area contributed by atoms with E-state index in [0.717, 1.165) is 11.3 Å². The molecule has 2 N–H and O–H groups in total. The van der Waals surface area contributed by atoms with Gasteiger partial charge in [-0.3, -0.25) is 9.59 Å². The predicted octanol–water partition coefficient (Wildman–Crippen LogP) is 2.38. The first-order valence-electron chi connectivity index (χ1n) is 6.19. The van der Waals surface area contributed by atoms with Crippen molar-refractivity contribution in [3.8, 4) is 0 Å². The van der Waals surface area contributed by atoms with Gasteiger partial charge >= 0.3 is 0 Å². The van der Waals surface area contributed by atoms with Crippen molar-refractivity contribution in [1.82, 2.24) is 5.32 Å². The zero-order valence-electron chi connectivity index (χ0n) is 11.4. The number of carbonyl (C=O) groups excluding carboxylic acids is 2. The molecule has 0 radical (unpaired) electrons. The molecule has 0 saturated carbocycles. The van der Waals surface area contributed by atoms with Crippen LogP contribution >= 0.6 is 11.6 Å². The highest BCUT2D eigenvalue weighted by Gasteiger charge is 2.09. The van der Waals surface area contributed by atoms with Gasteiger partial charge in [0.1, 0.15) is 5.38 Å². The lowest BCUT2D eigenvalue weighted by molar-refractivity contribution is -0.120. The number of halogens is 1. The van der Waals surface area contributed by atoms with Gasteiger partial charge in [0.25, 0.3) is 0 Å². The Morgan fingerprint density at radius 2 is 1.95 bits per heavy atom. The van der Waals surface area contributed by atoms with Crippen LogP contribution in [0.2, 0.25) is 0 Å². The Kier molecular flexibility index (Phi) is 5.83. The fraction of sp³-hybridized carbons (Fsp3) is 0.429. The minimum Gasteiger partial charge on any atom is -0.354 e. The van der Waals surface area contributed by atoms with E-state index >= 15 is 0 Å². The van der Waals surface area contributed by atoms with Crippen molar-refractivity contribution < 1.29 is 9.59 Å². The fourth-order valence-electron chi connectivity index (χ4n) is 1.48. The number of aryl methyl sites for hydroxylation is 2. The molecule has 0 bridgehead atoms. The summed E-state index contributed by atoms with van der Waals surface area (Å²) in [5.41, 5.74) is 3.08. The smallest absolute Gasteiger partial charge is 0.237 e. The molecule has 1 aromatic rings. The van der Waals surface area contributed by atoms with Crippen LogP contribution < -0.4 is 10.6 Å². The quantitative estimate of drug-likeness (QED) is 0.815. The maximum absolute atomic E-state index is 11.7. The first kappa shape index (κ1) is 15.5. The largest absolute Gasteiger partial charge is 0.354 e. The summed E-state index contributed by atoms with van der Waals surface area (Å²) in [6.07, 6.45) is 0.224. The minimum atomic E-state index is -0.581. The molecule has 4 nitrogen and oxygen atoms in total. The second-order valence-electron chi connectivity index (χ2n) is 4.50. The molecule has 1 rings (SSSR count). The number of amides is 2. The second kappa shape index (κ2) is 7.14. The third kappa shape index (κ3) is 5.30. The summed E-state index contributed by atoms with van der Waals surface area (Å²) in [5, 5.41) is 4.80. The van der Waals surface area contributed by atoms with Crippen molar-refractivity contribution >= 4 is 29.1 Å². The van der Waals surface area contributed by atoms with Gasteiger partial charge in [-0.25, -0.2) is 0 Å². The molecule has 0 aliphatic rings. The zero-order valence-corrected chi connectivity index (χ0v) is 12.2. The zero-order chi connectivity index (χ0) is 14.4. The molecule has 0 aliphatic carbocycles. The van der Waals surface area contributed by atoms with E-state index in [0.29, 0.717) is 0 Å². The van der Waals surface area contributed by atoms with Crippen molar-refractivity contribution in [2.75, 3.05) is 11.9 Å². The molecule has 0 aromatic heterocycles. The first-order valence-corrected chi connectivity index (χ1v) is 6.62. The van der Waals surface area contributed by atoms with E-state index in [1.807, 2.05) is 32.0 Å². The number of rotatable bonds is 5. The number of benzene rings is 1. The van der Waals surface area contributed by atoms with Crippen molar-refractivity contribution in [2.24, 2.45) is 0 Å². The summed E-state index contributed by atoms with van der Waals surface area (Å²) < 4.78 is 0. The number of nitrogens with one attached hydrogen (secondary N) is 2. The van der Waals surface area contributed by atoms with Gasteiger partial charge < -0.3 is 10.6 Å². The lowest BCUT2D eigenvalue weighted by Crippen LogP contribution is -2.32. The molecule has 0 fully saturated rings. The molecule has 1 aromatic carbocycles. The maximum atomic E-state index is 11.7. The predicted molar refractivity (Wildman–Crippen MR) is 77.5 cm³/mol. The highest BCUT2D eigenvalue weighted by Crippen LogP contribution is 2.14. The van der Waals surface area contributed by atoms with Gasteiger partial charge in [0.15, 0.2) is 0 Å². The molecule has 0 saturated heterocycles. The molecule has 5 heteroatoms. The second-order valence-corrected chi connectivity index (χ2v) is 5.16. The monoisotopic (exact) mass is 282 g/mol. The van der Waals surface area contributed by atoms with Gasteiger partial charge in [-0.15, -0.1) is 11.6 Å². The van der Waals surface area contributed by atoms with Crippen LogP contribution in [0.1, 0.15) is 24.5 Å². The van der Waals surface area contributed by atoms with Crippen LogP contribution in [-0.2, 0) is 9.59 Å². The summed E-state index contributed by atoms with van der Waals surface area (Å²) in [5.74, 6) is -0.397. The van der Waals surface area contributed by atoms with Gasteiger partial charge in [0.05, 0.1) is 0 Å². The molecule has 0 heterocycles. The van der Waals surface area contributed by atoms with E-state index in [-0.39, 0.29) is 24.8 Å². The maximum Gasteiger partial charge on any atom is 0.237 e. The average Bonchev–Trinajstić information content (AvgIpc) is 2.33. The Balaban J connectivity index is 2.39. The molecular weight excluding hydrogens is 264 g/mol. The summed E-state index contributed by atoms with van der Waals surface area (Å²) in [4.78, 5) is 22.9. The molecule has 19 heavy (non-hydrogen) atoms. The molecule has 1 unspecified atom stereocenters. The van der Waals surface area contributed by atoms with Crippen molar-refractivity contribution in [3.05, 3.63) is 29.3 Å². The third-order valence-electron chi connectivity index (χ3n) is 2.80. The van der Waals surface area contributed by atoms with Crippen molar-refractivity contribution in [3.63, 3.8) is 0 Å². The topological polar surface area (TPSA) is 58.2 Å². The lowest BCUT2D eigenvalue weighted by Gasteiger charge is -2.09. The number of anilines is 1. The minimum absolute atomic E-state index is 0.134. The Labute approximate surface area is 118 Å². The van der Waals surface area contributed by atoms with E-state index in [2.05, 4.69) is 10.6 Å². The number of hydrogen-bond acceptors (Lipinski definition) is 2. The lowest BCUT2D eigenvalue weighted by atomic mass is 10.1. The van der Waals surface area contributed by atoms with Crippen molar-refractivity contribution in [2.45, 2.75) is 32.6 Å². The van der Waals surface area contributed by atoms with Crippen LogP contribution in [0.4, 0.5) is 5.69 Å². The molecule has 0 aliphatic heterocycles. The Hall–Kier alpha value is -1.55. The Morgan fingerprint density at radius 3 is 2.53 bits per heavy atom. The standard InChI is InChI=1S/C14H19ClN2O2/c1-9-4-5-12(8-10(9)2)17-13(18)6-7-16-14(19)11(3)15/h4-5,8,11H,6-7H2,1-3H3,(H,16,19)(H,17,18). The van der Waals surface area contributed by atoms with E-state index in [9.17, 15) is 9.59 Å². The van der Waals surface area contributed by atoms with E-state index in [1.165, 1.54) is 5.56 Å². The highest BCUT2D eigenvalue weighted by molar-refractivity contribution is 6.30. The van der Waals surface area contributed by atoms with Crippen LogP contribution in [0.15, 0.2) is 18.2 Å². The highest BCUT2D eigenvalue weighted by atomic mass is 35.5. The summed E-state index contributed by atoms with van der Waals surface area (Å²) in [7, 11) is 0. The van der Waals surface area contributed by atoms with Gasteiger partial charge in [-0.2, -0.15) is 0 Å². The van der Waals surface area contributed by atoms with Gasteiger partial charge in [0.2, 0.25) is 11.8 Å². The molecule has 104 valence electrons. The SMILES string of the molecule is Cc1ccc(NC(=O)CCNC(=O)C(C)Cl)cc1C. The molecule has 0 spiro atoms. The number of carbonyl (C=O) groups is 2. The molecular formula is C14H19ClN2O2. The van der Waals surface area contributed by atoms with Gasteiger partial charge in [-0.05, 0) is 44.0 Å². The van der Waals surface area contributed by atoms with Crippen molar-refractivity contribution in [1.29, 1.82) is 0 Å². The van der Waals surface area contributed by atoms with E-state index in [4.69, 9.17) is 11.6 Å². The van der Waals surface area contributed by atoms with Crippen LogP contribution in [-0.4, -0.2) is 23.7 Å². The summed E-state index contributed by atoms with van der Waals surface area (Å²) >= 11 is 5.59. The van der Waals surface area contributed by atoms with Crippen LogP contribution in [0.5, 0.6) is 0 Å². The van der Waals surface area contributed by atoms with Gasteiger partial charge in [0, 0.05) is 18.7 Å². The normalized spacial score (nSPS) is 11.8. The summed E-state index contributed by atoms with van der Waals surface area (Å²) in [6.45, 7) is 5.88. The molecule has 2 amide bonds. The van der Waals surface area contributed by atoms with Crippen LogP contribution in [0, 0.1) is 13.8 Å². The van der Waals surface area contributed by atoms with Crippen LogP contribution in [0.25, 0.3) is 0 Å². The Morgan fingerprint density at radius 1 is 1.26 bits per heavy atom. The summed E-state index contributed by atoms with van der Waals surface area (Å²) in [6, 6.07) is 5.74. The molecule has 1 atom stereocenters. The fourth-order valence-corrected chi connectivity index (χ4v) is 1.56. The third-order valence-corrected chi connectivity index (χ3v) is 3.00. The average molecular weight is 283 g/mol. The Bertz CT molecular complexity index is 473. The first-order chi connectivity index (χ1) is 8.90.